The minimum absolute atomic E-state index is 0.0546. The summed E-state index contributed by atoms with van der Waals surface area (Å²) in [6.45, 7) is 13.0. The van der Waals surface area contributed by atoms with Crippen molar-refractivity contribution in [3.63, 3.8) is 0 Å². The summed E-state index contributed by atoms with van der Waals surface area (Å²) in [6.07, 6.45) is 21.7. The van der Waals surface area contributed by atoms with Crippen LogP contribution < -0.4 is 9.47 Å². The van der Waals surface area contributed by atoms with E-state index in [4.69, 9.17) is 9.47 Å². The second-order valence-corrected chi connectivity index (χ2v) is 9.93. The number of hydrogen-bond acceptors (Lipinski definition) is 3. The highest BCUT2D eigenvalue weighted by Crippen LogP contribution is 2.41. The zero-order valence-electron chi connectivity index (χ0n) is 22.0. The van der Waals surface area contributed by atoms with Crippen LogP contribution >= 0.6 is 0 Å². The number of benzene rings is 1. The number of Topliss-reactive ketones (excluding diaryl/α,β-unsaturated/α-hetero) is 1. The zero-order valence-corrected chi connectivity index (χ0v) is 22.0. The number of fused-ring (bicyclic) bond motifs is 1. The summed E-state index contributed by atoms with van der Waals surface area (Å²) in [6, 6.07) is 2.08. The first kappa shape index (κ1) is 28.2. The number of carbonyl (C=O) groups is 1. The molecule has 3 nitrogen and oxygen atoms in total. The van der Waals surface area contributed by atoms with E-state index in [-0.39, 0.29) is 11.7 Å². The van der Waals surface area contributed by atoms with Crippen LogP contribution in [0.4, 0.5) is 0 Å². The van der Waals surface area contributed by atoms with Crippen LogP contribution in [0.25, 0.3) is 0 Å². The molecular formula is C31H48O3. The second-order valence-electron chi connectivity index (χ2n) is 9.93. The quantitative estimate of drug-likeness (QED) is 0.141. The molecule has 2 rings (SSSR count). The van der Waals surface area contributed by atoms with Gasteiger partial charge in [0.05, 0.1) is 13.2 Å². The van der Waals surface area contributed by atoms with Crippen LogP contribution in [0.5, 0.6) is 11.5 Å². The maximum atomic E-state index is 12.7. The molecule has 3 heteroatoms. The lowest BCUT2D eigenvalue weighted by atomic mass is 10.0. The molecule has 0 heterocycles. The van der Waals surface area contributed by atoms with Crippen LogP contribution in [0.2, 0.25) is 0 Å². The third-order valence-corrected chi connectivity index (χ3v) is 6.90. The number of unbranched alkanes of at least 4 members (excludes halogenated alkanes) is 12. The fourth-order valence-corrected chi connectivity index (χ4v) is 4.85. The summed E-state index contributed by atoms with van der Waals surface area (Å²) in [5, 5.41) is 0. The highest BCUT2D eigenvalue weighted by Gasteiger charge is 2.31. The molecule has 1 unspecified atom stereocenters. The van der Waals surface area contributed by atoms with E-state index in [2.05, 4.69) is 19.2 Å². The van der Waals surface area contributed by atoms with Crippen LogP contribution in [0.15, 0.2) is 31.4 Å². The molecule has 1 aromatic carbocycles. The minimum Gasteiger partial charge on any atom is -0.490 e. The Kier molecular flexibility index (Phi) is 13.7. The summed E-state index contributed by atoms with van der Waals surface area (Å²) in [5.74, 6) is 1.92. The predicted octanol–water partition coefficient (Wildman–Crippen LogP) is 8.96. The number of allylic oxidation sites excluding steroid dienone is 2. The van der Waals surface area contributed by atoms with E-state index in [1.165, 1.54) is 64.2 Å². The molecule has 190 valence electrons. The second kappa shape index (κ2) is 16.6. The van der Waals surface area contributed by atoms with Gasteiger partial charge in [-0.05, 0) is 63.5 Å². The van der Waals surface area contributed by atoms with Crippen LogP contribution in [0, 0.1) is 12.8 Å². The van der Waals surface area contributed by atoms with Crippen molar-refractivity contribution in [2.45, 2.75) is 110 Å². The molecule has 34 heavy (non-hydrogen) atoms. The van der Waals surface area contributed by atoms with Crippen LogP contribution in [0.3, 0.4) is 0 Å². The number of ketones is 1. The highest BCUT2D eigenvalue weighted by molar-refractivity contribution is 6.04. The zero-order chi connectivity index (χ0) is 24.6. The molecule has 1 aliphatic carbocycles. The van der Waals surface area contributed by atoms with E-state index >= 15 is 0 Å². The first-order valence-electron chi connectivity index (χ1n) is 13.8. The SMILES string of the molecule is C=CCCCCCCCCOc1cc2c(c(C)c1OCCCCCCCCC=C)C(=O)C(C)C2. The van der Waals surface area contributed by atoms with E-state index in [1.807, 2.05) is 26.0 Å². The molecule has 1 atom stereocenters. The summed E-state index contributed by atoms with van der Waals surface area (Å²) < 4.78 is 12.5. The van der Waals surface area contributed by atoms with Gasteiger partial charge in [0.1, 0.15) is 0 Å². The van der Waals surface area contributed by atoms with Gasteiger partial charge in [0, 0.05) is 17.0 Å². The molecule has 0 aliphatic heterocycles. The van der Waals surface area contributed by atoms with E-state index in [0.29, 0.717) is 13.2 Å². The molecule has 1 aromatic rings. The van der Waals surface area contributed by atoms with Crippen molar-refractivity contribution < 1.29 is 14.3 Å². The largest absolute Gasteiger partial charge is 0.490 e. The highest BCUT2D eigenvalue weighted by atomic mass is 16.5. The minimum atomic E-state index is 0.0546. The Hall–Kier alpha value is -2.03. The average molecular weight is 469 g/mol. The van der Waals surface area contributed by atoms with Crippen molar-refractivity contribution >= 4 is 5.78 Å². The summed E-state index contributed by atoms with van der Waals surface area (Å²) in [5.41, 5.74) is 2.96. The van der Waals surface area contributed by atoms with Gasteiger partial charge in [-0.2, -0.15) is 0 Å². The van der Waals surface area contributed by atoms with Crippen molar-refractivity contribution in [1.29, 1.82) is 0 Å². The maximum absolute atomic E-state index is 12.7. The predicted molar refractivity (Wildman–Crippen MR) is 144 cm³/mol. The van der Waals surface area contributed by atoms with Gasteiger partial charge in [-0.25, -0.2) is 0 Å². The van der Waals surface area contributed by atoms with Gasteiger partial charge < -0.3 is 9.47 Å². The van der Waals surface area contributed by atoms with Gasteiger partial charge in [-0.15, -0.1) is 13.2 Å². The van der Waals surface area contributed by atoms with Crippen molar-refractivity contribution in [2.24, 2.45) is 5.92 Å². The van der Waals surface area contributed by atoms with Gasteiger partial charge in [-0.1, -0.05) is 70.4 Å². The van der Waals surface area contributed by atoms with Gasteiger partial charge >= 0.3 is 0 Å². The van der Waals surface area contributed by atoms with E-state index in [1.54, 1.807) is 0 Å². The Morgan fingerprint density at radius 3 is 1.88 bits per heavy atom. The number of hydrogen-bond donors (Lipinski definition) is 0. The molecular weight excluding hydrogens is 420 g/mol. The maximum Gasteiger partial charge on any atom is 0.166 e. The Morgan fingerprint density at radius 1 is 0.824 bits per heavy atom. The molecule has 0 N–H and O–H groups in total. The van der Waals surface area contributed by atoms with Crippen molar-refractivity contribution in [3.8, 4) is 11.5 Å². The first-order valence-corrected chi connectivity index (χ1v) is 13.8. The lowest BCUT2D eigenvalue weighted by molar-refractivity contribution is 0.0945. The lowest BCUT2D eigenvalue weighted by Crippen LogP contribution is -2.08. The van der Waals surface area contributed by atoms with Gasteiger partial charge in [0.2, 0.25) is 0 Å². The van der Waals surface area contributed by atoms with E-state index in [0.717, 1.165) is 60.3 Å². The van der Waals surface area contributed by atoms with Gasteiger partial charge in [-0.3, -0.25) is 4.79 Å². The summed E-state index contributed by atoms with van der Waals surface area (Å²) >= 11 is 0. The third-order valence-electron chi connectivity index (χ3n) is 6.90. The molecule has 0 bridgehead atoms. The third kappa shape index (κ3) is 9.31. The fraction of sp³-hybridized carbons (Fsp3) is 0.645. The topological polar surface area (TPSA) is 35.5 Å². The van der Waals surface area contributed by atoms with E-state index in [9.17, 15) is 4.79 Å². The molecule has 0 amide bonds. The van der Waals surface area contributed by atoms with E-state index < -0.39 is 0 Å². The molecule has 0 saturated heterocycles. The normalized spacial score (nSPS) is 14.8. The number of rotatable bonds is 20. The lowest BCUT2D eigenvalue weighted by Gasteiger charge is -2.18. The van der Waals surface area contributed by atoms with Gasteiger partial charge in [0.15, 0.2) is 17.3 Å². The smallest absolute Gasteiger partial charge is 0.166 e. The number of ether oxygens (including phenoxy) is 2. The van der Waals surface area contributed by atoms with Crippen molar-refractivity contribution in [2.75, 3.05) is 13.2 Å². The molecule has 0 radical (unpaired) electrons. The molecule has 0 spiro atoms. The van der Waals surface area contributed by atoms with Gasteiger partial charge in [0.25, 0.3) is 0 Å². The molecule has 0 saturated carbocycles. The molecule has 1 aliphatic rings. The summed E-state index contributed by atoms with van der Waals surface area (Å²) in [4.78, 5) is 12.7. The Morgan fingerprint density at radius 2 is 1.32 bits per heavy atom. The Labute approximate surface area is 209 Å². The average Bonchev–Trinajstić information content (AvgIpc) is 3.11. The molecule has 0 aromatic heterocycles. The summed E-state index contributed by atoms with van der Waals surface area (Å²) in [7, 11) is 0. The first-order chi connectivity index (χ1) is 16.6. The standard InChI is InChI=1S/C31H48O3/c1-5-7-9-11-13-15-17-19-21-33-28-24-27-23-25(3)30(32)29(27)26(4)31(28)34-22-20-18-16-14-12-10-8-6-2/h5-6,24-25H,1-2,7-23H2,3-4H3. The monoisotopic (exact) mass is 468 g/mol. The fourth-order valence-electron chi connectivity index (χ4n) is 4.85. The van der Waals surface area contributed by atoms with Crippen LogP contribution in [-0.4, -0.2) is 19.0 Å². The number of carbonyl (C=O) groups excluding carboxylic acids is 1. The Balaban J connectivity index is 1.84. The van der Waals surface area contributed by atoms with Crippen LogP contribution in [0.1, 0.15) is 118 Å². The van der Waals surface area contributed by atoms with Crippen LogP contribution in [-0.2, 0) is 6.42 Å². The Bertz CT molecular complexity index is 764. The molecule has 0 fully saturated rings. The van der Waals surface area contributed by atoms with Crippen molar-refractivity contribution in [3.05, 3.63) is 48.1 Å². The van der Waals surface area contributed by atoms with Crippen molar-refractivity contribution in [1.82, 2.24) is 0 Å².